The van der Waals surface area contributed by atoms with E-state index in [9.17, 15) is 18.0 Å². The van der Waals surface area contributed by atoms with Gasteiger partial charge in [-0.05, 0) is 44.2 Å². The van der Waals surface area contributed by atoms with E-state index in [1.165, 1.54) is 0 Å². The fourth-order valence-corrected chi connectivity index (χ4v) is 4.39. The van der Waals surface area contributed by atoms with Crippen LogP contribution in [0.4, 0.5) is 13.2 Å². The number of halogens is 3. The lowest BCUT2D eigenvalue weighted by molar-refractivity contribution is -0.220. The van der Waals surface area contributed by atoms with Crippen LogP contribution >= 0.6 is 0 Å². The van der Waals surface area contributed by atoms with Crippen LogP contribution in [-0.2, 0) is 11.3 Å². The van der Waals surface area contributed by atoms with Crippen molar-refractivity contribution < 1.29 is 18.0 Å². The quantitative estimate of drug-likeness (QED) is 0.932. The molecule has 4 nitrogen and oxygen atoms in total. The van der Waals surface area contributed by atoms with Crippen molar-refractivity contribution in [1.82, 2.24) is 14.9 Å². The molecule has 0 radical (unpaired) electrons. The molecule has 2 bridgehead atoms. The average Bonchev–Trinajstić information content (AvgIpc) is 3.25. The lowest BCUT2D eigenvalue weighted by atomic mass is 9.81. The largest absolute Gasteiger partial charge is 0.394 e. The van der Waals surface area contributed by atoms with Gasteiger partial charge in [0, 0.05) is 18.3 Å². The van der Waals surface area contributed by atoms with E-state index < -0.39 is 17.0 Å². The van der Waals surface area contributed by atoms with E-state index in [1.807, 2.05) is 24.4 Å². The summed E-state index contributed by atoms with van der Waals surface area (Å²) in [6, 6.07) is 5.63. The van der Waals surface area contributed by atoms with Crippen LogP contribution in [0.3, 0.4) is 0 Å². The van der Waals surface area contributed by atoms with Gasteiger partial charge in [0.2, 0.25) is 5.91 Å². The van der Waals surface area contributed by atoms with Gasteiger partial charge in [-0.15, -0.1) is 0 Å². The number of nitrogens with one attached hydrogen (secondary N) is 1. The third-order valence-corrected chi connectivity index (χ3v) is 5.87. The molecule has 1 N–H and O–H groups in total. The molecule has 2 aliphatic rings. The first kappa shape index (κ1) is 15.5. The van der Waals surface area contributed by atoms with Gasteiger partial charge >= 0.3 is 6.18 Å². The molecule has 0 aromatic carbocycles. The summed E-state index contributed by atoms with van der Waals surface area (Å²) in [7, 11) is 0. The second kappa shape index (κ2) is 4.97. The third kappa shape index (κ3) is 2.13. The van der Waals surface area contributed by atoms with Gasteiger partial charge in [0.1, 0.15) is 0 Å². The molecule has 2 aliphatic carbocycles. The summed E-state index contributed by atoms with van der Waals surface area (Å²) in [5.74, 6) is -0.249. The Bertz CT molecular complexity index is 788. The number of rotatable bonds is 3. The van der Waals surface area contributed by atoms with Crippen molar-refractivity contribution in [3.05, 3.63) is 36.2 Å². The van der Waals surface area contributed by atoms with Crippen LogP contribution in [0.2, 0.25) is 0 Å². The summed E-state index contributed by atoms with van der Waals surface area (Å²) in [6.07, 6.45) is 0.00108. The predicted molar refractivity (Wildman–Crippen MR) is 81.0 cm³/mol. The van der Waals surface area contributed by atoms with Crippen LogP contribution in [0.15, 0.2) is 30.6 Å². The van der Waals surface area contributed by atoms with Gasteiger partial charge < -0.3 is 5.32 Å². The van der Waals surface area contributed by atoms with E-state index in [1.54, 1.807) is 10.7 Å². The Labute approximate surface area is 137 Å². The summed E-state index contributed by atoms with van der Waals surface area (Å²) < 4.78 is 41.7. The zero-order chi connectivity index (χ0) is 17.0. The lowest BCUT2D eigenvalue weighted by Crippen LogP contribution is -2.37. The molecule has 0 spiro atoms. The van der Waals surface area contributed by atoms with E-state index in [2.05, 4.69) is 10.4 Å². The Balaban J connectivity index is 1.48. The van der Waals surface area contributed by atoms with Crippen molar-refractivity contribution in [2.24, 2.45) is 10.8 Å². The molecule has 24 heavy (non-hydrogen) atoms. The number of pyridine rings is 1. The Hall–Kier alpha value is -2.05. The molecular weight excluding hydrogens is 319 g/mol. The topological polar surface area (TPSA) is 46.4 Å². The number of nitrogens with zero attached hydrogens (tertiary/aromatic N) is 2. The molecular formula is C17H18F3N3O. The molecule has 2 aromatic rings. The summed E-state index contributed by atoms with van der Waals surface area (Å²) in [5, 5.41) is 7.05. The zero-order valence-corrected chi connectivity index (χ0v) is 13.1. The first-order valence-corrected chi connectivity index (χ1v) is 8.12. The molecule has 0 unspecified atom stereocenters. The second-order valence-electron chi connectivity index (χ2n) is 7.12. The molecule has 2 heterocycles. The van der Waals surface area contributed by atoms with Crippen molar-refractivity contribution in [3.8, 4) is 0 Å². The molecule has 128 valence electrons. The van der Waals surface area contributed by atoms with E-state index in [-0.39, 0.29) is 31.7 Å². The van der Waals surface area contributed by atoms with Gasteiger partial charge in [0.05, 0.1) is 22.5 Å². The smallest absolute Gasteiger partial charge is 0.351 e. The molecule has 7 heteroatoms. The van der Waals surface area contributed by atoms with E-state index in [0.717, 1.165) is 11.1 Å². The lowest BCUT2D eigenvalue weighted by Gasteiger charge is -2.29. The first-order valence-electron chi connectivity index (χ1n) is 8.12. The minimum Gasteiger partial charge on any atom is -0.351 e. The Morgan fingerprint density at radius 2 is 2.00 bits per heavy atom. The minimum absolute atomic E-state index is 0.0654. The molecule has 1 amide bonds. The number of fused-ring (bicyclic) bond motifs is 3. The number of aromatic nitrogens is 2. The minimum atomic E-state index is -4.21. The highest BCUT2D eigenvalue weighted by atomic mass is 19.4. The molecule has 4 rings (SSSR count). The monoisotopic (exact) mass is 337 g/mol. The van der Waals surface area contributed by atoms with Crippen molar-refractivity contribution in [1.29, 1.82) is 0 Å². The van der Waals surface area contributed by atoms with Gasteiger partial charge in [-0.2, -0.15) is 18.3 Å². The van der Waals surface area contributed by atoms with Crippen molar-refractivity contribution in [3.63, 3.8) is 0 Å². The fraction of sp³-hybridized carbons (Fsp3) is 0.529. The maximum atomic E-state index is 13.3. The van der Waals surface area contributed by atoms with Gasteiger partial charge in [-0.1, -0.05) is 6.07 Å². The highest BCUT2D eigenvalue weighted by molar-refractivity contribution is 5.83. The second-order valence-corrected chi connectivity index (χ2v) is 7.12. The SMILES string of the molecule is O=C(NCc1cnn2ccccc12)C12CCC(C(F)(F)F)(CC1)C2. The summed E-state index contributed by atoms with van der Waals surface area (Å²) in [4.78, 5) is 12.6. The summed E-state index contributed by atoms with van der Waals surface area (Å²) in [6.45, 7) is 0.285. The molecule has 2 fully saturated rings. The van der Waals surface area contributed by atoms with Crippen LogP contribution in [-0.4, -0.2) is 21.7 Å². The highest BCUT2D eigenvalue weighted by Gasteiger charge is 2.68. The summed E-state index contributed by atoms with van der Waals surface area (Å²) in [5.41, 5.74) is -0.746. The molecule has 0 atom stereocenters. The Kier molecular flexibility index (Phi) is 3.21. The van der Waals surface area contributed by atoms with Gasteiger partial charge in [-0.25, -0.2) is 4.52 Å². The molecule has 2 saturated carbocycles. The van der Waals surface area contributed by atoms with Crippen molar-refractivity contribution in [2.75, 3.05) is 0 Å². The number of hydrogen-bond donors (Lipinski definition) is 1. The Morgan fingerprint density at radius 1 is 1.25 bits per heavy atom. The highest BCUT2D eigenvalue weighted by Crippen LogP contribution is 2.67. The van der Waals surface area contributed by atoms with E-state index in [0.29, 0.717) is 12.8 Å². The maximum absolute atomic E-state index is 13.3. The standard InChI is InChI=1S/C17H18F3N3O/c18-17(19,20)16-6-4-15(11-16,5-7-16)14(24)21-9-12-10-22-23-8-2-1-3-13(12)23/h1-3,8,10H,4-7,9,11H2,(H,21,24). The Morgan fingerprint density at radius 3 is 2.67 bits per heavy atom. The first-order chi connectivity index (χ1) is 11.4. The third-order valence-electron chi connectivity index (χ3n) is 5.87. The van der Waals surface area contributed by atoms with Crippen LogP contribution in [0.25, 0.3) is 5.52 Å². The van der Waals surface area contributed by atoms with Crippen LogP contribution < -0.4 is 5.32 Å². The van der Waals surface area contributed by atoms with Crippen molar-refractivity contribution in [2.45, 2.75) is 44.8 Å². The number of carbonyl (C=O) groups excluding carboxylic acids is 1. The van der Waals surface area contributed by atoms with Crippen molar-refractivity contribution >= 4 is 11.4 Å². The van der Waals surface area contributed by atoms with Gasteiger partial charge in [-0.3, -0.25) is 4.79 Å². The predicted octanol–water partition coefficient (Wildman–Crippen LogP) is 3.46. The molecule has 2 aromatic heterocycles. The number of carbonyl (C=O) groups is 1. The number of alkyl halides is 3. The maximum Gasteiger partial charge on any atom is 0.394 e. The number of amides is 1. The van der Waals surface area contributed by atoms with E-state index >= 15 is 0 Å². The van der Waals surface area contributed by atoms with Crippen LogP contribution in [0, 0.1) is 10.8 Å². The number of hydrogen-bond acceptors (Lipinski definition) is 2. The van der Waals surface area contributed by atoms with Gasteiger partial charge in [0.25, 0.3) is 0 Å². The normalized spacial score (nSPS) is 29.3. The van der Waals surface area contributed by atoms with E-state index in [4.69, 9.17) is 0 Å². The summed E-state index contributed by atoms with van der Waals surface area (Å²) >= 11 is 0. The van der Waals surface area contributed by atoms with Gasteiger partial charge in [0.15, 0.2) is 0 Å². The van der Waals surface area contributed by atoms with Crippen LogP contribution in [0.1, 0.15) is 37.7 Å². The zero-order valence-electron chi connectivity index (χ0n) is 13.1. The molecule has 0 saturated heterocycles. The fourth-order valence-electron chi connectivity index (χ4n) is 4.39. The van der Waals surface area contributed by atoms with Crippen LogP contribution in [0.5, 0.6) is 0 Å². The molecule has 0 aliphatic heterocycles. The average molecular weight is 337 g/mol.